The van der Waals surface area contributed by atoms with Crippen molar-refractivity contribution in [2.45, 2.75) is 39.7 Å². The third-order valence-electron chi connectivity index (χ3n) is 5.46. The van der Waals surface area contributed by atoms with Crippen molar-refractivity contribution >= 4 is 5.96 Å². The monoisotopic (exact) mass is 353 g/mol. The Hall–Kier alpha value is -0.850. The van der Waals surface area contributed by atoms with Crippen LogP contribution in [-0.2, 0) is 4.74 Å². The number of rotatable bonds is 6. The smallest absolute Gasteiger partial charge is 0.191 e. The molecule has 2 saturated heterocycles. The Morgan fingerprint density at radius 2 is 1.76 bits per heavy atom. The predicted octanol–water partition coefficient (Wildman–Crippen LogP) is 1.24. The summed E-state index contributed by atoms with van der Waals surface area (Å²) in [6, 6.07) is 0. The van der Waals surface area contributed by atoms with Crippen LogP contribution >= 0.6 is 0 Å². The van der Waals surface area contributed by atoms with Gasteiger partial charge in [-0.3, -0.25) is 14.8 Å². The van der Waals surface area contributed by atoms with Crippen molar-refractivity contribution in [2.24, 2.45) is 16.8 Å². The zero-order valence-electron chi connectivity index (χ0n) is 17.0. The quantitative estimate of drug-likeness (QED) is 0.556. The van der Waals surface area contributed by atoms with Gasteiger partial charge in [-0.05, 0) is 32.1 Å². The van der Waals surface area contributed by atoms with Crippen molar-refractivity contribution in [1.82, 2.24) is 20.4 Å². The van der Waals surface area contributed by atoms with Gasteiger partial charge in [0.2, 0.25) is 0 Å². The number of hydrogen-bond donors (Lipinski definition) is 2. The van der Waals surface area contributed by atoms with Gasteiger partial charge < -0.3 is 15.4 Å². The Morgan fingerprint density at radius 1 is 1.12 bits per heavy atom. The van der Waals surface area contributed by atoms with Crippen LogP contribution in [0, 0.1) is 11.8 Å². The van der Waals surface area contributed by atoms with Crippen LogP contribution in [0.2, 0.25) is 0 Å². The molecule has 2 aliphatic rings. The molecule has 6 nitrogen and oxygen atoms in total. The molecule has 0 aromatic heterocycles. The van der Waals surface area contributed by atoms with Gasteiger partial charge in [0.15, 0.2) is 5.96 Å². The van der Waals surface area contributed by atoms with Gasteiger partial charge in [0, 0.05) is 58.4 Å². The molecule has 2 unspecified atom stereocenters. The van der Waals surface area contributed by atoms with Gasteiger partial charge in [-0.1, -0.05) is 13.8 Å². The molecule has 0 aliphatic carbocycles. The van der Waals surface area contributed by atoms with Crippen LogP contribution in [0.4, 0.5) is 0 Å². The molecular weight excluding hydrogens is 314 g/mol. The largest absolute Gasteiger partial charge is 0.379 e. The van der Waals surface area contributed by atoms with Crippen LogP contribution in [0.3, 0.4) is 0 Å². The molecule has 6 heteroatoms. The second kappa shape index (κ2) is 9.74. The summed E-state index contributed by atoms with van der Waals surface area (Å²) in [6.45, 7) is 18.5. The van der Waals surface area contributed by atoms with Gasteiger partial charge in [0.1, 0.15) is 0 Å². The Morgan fingerprint density at radius 3 is 2.36 bits per heavy atom. The molecule has 0 amide bonds. The lowest BCUT2D eigenvalue weighted by Gasteiger charge is -2.45. The molecule has 0 spiro atoms. The number of morpholine rings is 1. The maximum Gasteiger partial charge on any atom is 0.191 e. The van der Waals surface area contributed by atoms with E-state index in [1.165, 1.54) is 19.5 Å². The van der Waals surface area contributed by atoms with Crippen molar-refractivity contribution in [3.05, 3.63) is 0 Å². The highest BCUT2D eigenvalue weighted by Gasteiger charge is 2.32. The average Bonchev–Trinajstić information content (AvgIpc) is 2.58. The lowest BCUT2D eigenvalue weighted by atomic mass is 9.88. The molecule has 2 aliphatic heterocycles. The summed E-state index contributed by atoms with van der Waals surface area (Å²) >= 11 is 0. The van der Waals surface area contributed by atoms with Crippen LogP contribution in [0.25, 0.3) is 0 Å². The Balaban J connectivity index is 1.73. The molecule has 2 atom stereocenters. The van der Waals surface area contributed by atoms with Crippen LogP contribution in [0.5, 0.6) is 0 Å². The third kappa shape index (κ3) is 6.76. The number of ether oxygens (including phenoxy) is 1. The van der Waals surface area contributed by atoms with Gasteiger partial charge in [-0.25, -0.2) is 0 Å². The second-order valence-electron chi connectivity index (χ2n) is 8.47. The van der Waals surface area contributed by atoms with E-state index >= 15 is 0 Å². The summed E-state index contributed by atoms with van der Waals surface area (Å²) in [5.41, 5.74) is 0.130. The minimum Gasteiger partial charge on any atom is -0.379 e. The van der Waals surface area contributed by atoms with E-state index in [0.717, 1.165) is 63.7 Å². The van der Waals surface area contributed by atoms with E-state index in [0.29, 0.717) is 0 Å². The van der Waals surface area contributed by atoms with E-state index < -0.39 is 0 Å². The van der Waals surface area contributed by atoms with E-state index in [1.807, 2.05) is 7.05 Å². The van der Waals surface area contributed by atoms with Crippen LogP contribution in [0.15, 0.2) is 4.99 Å². The number of aliphatic imine (C=N–C) groups is 1. The van der Waals surface area contributed by atoms with Gasteiger partial charge in [-0.15, -0.1) is 0 Å². The van der Waals surface area contributed by atoms with E-state index in [4.69, 9.17) is 4.74 Å². The number of nitrogens with zero attached hydrogens (tertiary/aromatic N) is 3. The van der Waals surface area contributed by atoms with Crippen molar-refractivity contribution in [3.8, 4) is 0 Å². The summed E-state index contributed by atoms with van der Waals surface area (Å²) in [5.74, 6) is 2.47. The molecule has 146 valence electrons. The topological polar surface area (TPSA) is 52.1 Å². The number of guanidine groups is 1. The molecule has 2 fully saturated rings. The molecule has 0 aromatic carbocycles. The number of nitrogens with one attached hydrogen (secondary N) is 2. The zero-order valence-corrected chi connectivity index (χ0v) is 17.0. The highest BCUT2D eigenvalue weighted by Crippen LogP contribution is 2.26. The Kier molecular flexibility index (Phi) is 7.97. The van der Waals surface area contributed by atoms with Crippen LogP contribution in [-0.4, -0.2) is 87.4 Å². The lowest BCUT2D eigenvalue weighted by Crippen LogP contribution is -2.57. The van der Waals surface area contributed by atoms with E-state index in [2.05, 4.69) is 53.1 Å². The summed E-state index contributed by atoms with van der Waals surface area (Å²) in [7, 11) is 1.85. The second-order valence-corrected chi connectivity index (χ2v) is 8.47. The maximum atomic E-state index is 5.39. The van der Waals surface area contributed by atoms with Gasteiger partial charge >= 0.3 is 0 Å². The first-order valence-electron chi connectivity index (χ1n) is 9.90. The zero-order chi connectivity index (χ0) is 18.3. The number of hydrogen-bond acceptors (Lipinski definition) is 4. The minimum absolute atomic E-state index is 0.130. The summed E-state index contributed by atoms with van der Waals surface area (Å²) < 4.78 is 5.39. The molecule has 0 aromatic rings. The van der Waals surface area contributed by atoms with E-state index in [1.54, 1.807) is 0 Å². The van der Waals surface area contributed by atoms with Gasteiger partial charge in [-0.2, -0.15) is 0 Å². The Bertz CT molecular complexity index is 410. The van der Waals surface area contributed by atoms with Crippen LogP contribution in [0.1, 0.15) is 34.1 Å². The molecule has 2 heterocycles. The van der Waals surface area contributed by atoms with E-state index in [9.17, 15) is 0 Å². The normalized spacial score (nSPS) is 27.3. The van der Waals surface area contributed by atoms with E-state index in [-0.39, 0.29) is 5.54 Å². The molecule has 2 rings (SSSR count). The van der Waals surface area contributed by atoms with Crippen LogP contribution < -0.4 is 10.6 Å². The fourth-order valence-electron chi connectivity index (χ4n) is 3.95. The molecule has 25 heavy (non-hydrogen) atoms. The molecule has 2 N–H and O–H groups in total. The first-order valence-corrected chi connectivity index (χ1v) is 9.90. The first-order chi connectivity index (χ1) is 11.9. The third-order valence-corrected chi connectivity index (χ3v) is 5.46. The number of likely N-dealkylation sites (tertiary alicyclic amines) is 1. The first kappa shape index (κ1) is 20.5. The lowest BCUT2D eigenvalue weighted by molar-refractivity contribution is 0.0388. The molecule has 0 saturated carbocycles. The van der Waals surface area contributed by atoms with Crippen molar-refractivity contribution < 1.29 is 4.74 Å². The van der Waals surface area contributed by atoms with Gasteiger partial charge in [0.05, 0.1) is 13.2 Å². The molecule has 0 bridgehead atoms. The highest BCUT2D eigenvalue weighted by molar-refractivity contribution is 5.79. The Labute approximate surface area is 154 Å². The summed E-state index contributed by atoms with van der Waals surface area (Å²) in [4.78, 5) is 9.45. The van der Waals surface area contributed by atoms with Gasteiger partial charge in [0.25, 0.3) is 0 Å². The fraction of sp³-hybridized carbons (Fsp3) is 0.947. The van der Waals surface area contributed by atoms with Crippen molar-refractivity contribution in [2.75, 3.05) is 66.1 Å². The maximum absolute atomic E-state index is 5.39. The fourth-order valence-corrected chi connectivity index (χ4v) is 3.95. The minimum atomic E-state index is 0.130. The number of piperidine rings is 1. The molecule has 0 radical (unpaired) electrons. The molecular formula is C19H39N5O. The predicted molar refractivity (Wildman–Crippen MR) is 105 cm³/mol. The standard InChI is InChI=1S/C19H39N5O/c1-16-12-17(2)14-24(13-16)19(3,4)15-22-18(20-5)21-6-7-23-8-10-25-11-9-23/h16-17H,6-15H2,1-5H3,(H2,20,21,22). The SMILES string of the molecule is CN=C(NCCN1CCOCC1)NCC(C)(C)N1CC(C)CC(C)C1. The average molecular weight is 354 g/mol. The highest BCUT2D eigenvalue weighted by atomic mass is 16.5. The summed E-state index contributed by atoms with van der Waals surface area (Å²) in [6.07, 6.45) is 1.35. The summed E-state index contributed by atoms with van der Waals surface area (Å²) in [5, 5.41) is 6.98. The van der Waals surface area contributed by atoms with Crippen molar-refractivity contribution in [1.29, 1.82) is 0 Å². The van der Waals surface area contributed by atoms with Crippen molar-refractivity contribution in [3.63, 3.8) is 0 Å².